The Balaban J connectivity index is 2.25. The monoisotopic (exact) mass is 378 g/mol. The SMILES string of the molecule is CC1(C)CC1n1c(CCl)nc2cc(I)c(F)cc21. The third-order valence-electron chi connectivity index (χ3n) is 3.70. The number of halogens is 3. The average molecular weight is 379 g/mol. The molecule has 5 heteroatoms. The Hall–Kier alpha value is -0.360. The van der Waals surface area contributed by atoms with Crippen molar-refractivity contribution in [2.75, 3.05) is 0 Å². The highest BCUT2D eigenvalue weighted by Crippen LogP contribution is 2.56. The van der Waals surface area contributed by atoms with Crippen LogP contribution in [0.2, 0.25) is 0 Å². The van der Waals surface area contributed by atoms with Crippen LogP contribution in [-0.2, 0) is 5.88 Å². The fourth-order valence-electron chi connectivity index (χ4n) is 2.46. The van der Waals surface area contributed by atoms with E-state index >= 15 is 0 Å². The second kappa shape index (κ2) is 4.07. The van der Waals surface area contributed by atoms with Crippen molar-refractivity contribution in [1.82, 2.24) is 9.55 Å². The first kappa shape index (κ1) is 12.7. The summed E-state index contributed by atoms with van der Waals surface area (Å²) in [5.74, 6) is 1.01. The molecule has 2 aromatic rings. The van der Waals surface area contributed by atoms with Crippen LogP contribution in [0.1, 0.15) is 32.1 Å². The van der Waals surface area contributed by atoms with Gasteiger partial charge in [0.2, 0.25) is 0 Å². The molecule has 1 heterocycles. The number of imidazole rings is 1. The Morgan fingerprint density at radius 1 is 1.56 bits per heavy atom. The highest BCUT2D eigenvalue weighted by molar-refractivity contribution is 14.1. The van der Waals surface area contributed by atoms with E-state index in [4.69, 9.17) is 11.6 Å². The van der Waals surface area contributed by atoms with E-state index in [9.17, 15) is 4.39 Å². The van der Waals surface area contributed by atoms with Gasteiger partial charge in [-0.15, -0.1) is 11.6 Å². The fourth-order valence-corrected chi connectivity index (χ4v) is 3.10. The lowest BCUT2D eigenvalue weighted by atomic mass is 10.2. The zero-order valence-corrected chi connectivity index (χ0v) is 13.1. The van der Waals surface area contributed by atoms with Crippen LogP contribution in [-0.4, -0.2) is 9.55 Å². The minimum Gasteiger partial charge on any atom is -0.323 e. The van der Waals surface area contributed by atoms with E-state index in [1.807, 2.05) is 22.6 Å². The molecule has 1 saturated carbocycles. The second-order valence-corrected chi connectivity index (χ2v) is 6.92. The number of benzene rings is 1. The maximum absolute atomic E-state index is 13.7. The van der Waals surface area contributed by atoms with E-state index in [-0.39, 0.29) is 11.2 Å². The molecule has 96 valence electrons. The summed E-state index contributed by atoms with van der Waals surface area (Å²) in [7, 11) is 0. The Morgan fingerprint density at radius 3 is 2.78 bits per heavy atom. The molecule has 0 N–H and O–H groups in total. The van der Waals surface area contributed by atoms with E-state index in [0.717, 1.165) is 23.3 Å². The molecule has 1 aliphatic carbocycles. The largest absolute Gasteiger partial charge is 0.323 e. The van der Waals surface area contributed by atoms with Crippen LogP contribution in [0, 0.1) is 14.8 Å². The van der Waals surface area contributed by atoms with Gasteiger partial charge in [-0.1, -0.05) is 13.8 Å². The van der Waals surface area contributed by atoms with Crippen molar-refractivity contribution in [2.45, 2.75) is 32.2 Å². The molecule has 0 amide bonds. The summed E-state index contributed by atoms with van der Waals surface area (Å²) in [4.78, 5) is 4.52. The number of hydrogen-bond donors (Lipinski definition) is 0. The Kier molecular flexibility index (Phi) is 2.86. The molecule has 3 rings (SSSR count). The predicted octanol–water partition coefficient (Wildman–Crippen LogP) is 4.49. The lowest BCUT2D eigenvalue weighted by Gasteiger charge is -2.09. The number of rotatable bonds is 2. The number of aromatic nitrogens is 2. The summed E-state index contributed by atoms with van der Waals surface area (Å²) in [6.45, 7) is 4.43. The van der Waals surface area contributed by atoms with E-state index < -0.39 is 0 Å². The number of nitrogens with zero attached hydrogens (tertiary/aromatic N) is 2. The van der Waals surface area contributed by atoms with Gasteiger partial charge in [-0.05, 0) is 40.5 Å². The molecular formula is C13H13ClFIN2. The molecule has 18 heavy (non-hydrogen) atoms. The maximum Gasteiger partial charge on any atom is 0.138 e. The standard InChI is InChI=1S/C13H13ClFIN2/c1-13(2)5-11(13)18-10-3-7(15)8(16)4-9(10)17-12(18)6-14/h3-4,11H,5-6H2,1-2H3. The third-order valence-corrected chi connectivity index (χ3v) is 4.76. The van der Waals surface area contributed by atoms with Gasteiger partial charge in [0, 0.05) is 12.1 Å². The molecule has 1 fully saturated rings. The predicted molar refractivity (Wildman–Crippen MR) is 79.4 cm³/mol. The molecule has 0 saturated heterocycles. The van der Waals surface area contributed by atoms with E-state index in [2.05, 4.69) is 23.4 Å². The summed E-state index contributed by atoms with van der Waals surface area (Å²) in [6, 6.07) is 3.75. The van der Waals surface area contributed by atoms with Gasteiger partial charge in [-0.2, -0.15) is 0 Å². The highest BCUT2D eigenvalue weighted by atomic mass is 127. The lowest BCUT2D eigenvalue weighted by Crippen LogP contribution is -2.04. The minimum absolute atomic E-state index is 0.191. The maximum atomic E-state index is 13.7. The normalized spacial score (nSPS) is 21.5. The highest BCUT2D eigenvalue weighted by Gasteiger charge is 2.48. The molecule has 1 unspecified atom stereocenters. The van der Waals surface area contributed by atoms with Crippen LogP contribution < -0.4 is 0 Å². The summed E-state index contributed by atoms with van der Waals surface area (Å²) in [5.41, 5.74) is 1.95. The van der Waals surface area contributed by atoms with Gasteiger partial charge in [0.1, 0.15) is 11.6 Å². The Morgan fingerprint density at radius 2 is 2.22 bits per heavy atom. The van der Waals surface area contributed by atoms with Gasteiger partial charge >= 0.3 is 0 Å². The minimum atomic E-state index is -0.191. The average Bonchev–Trinajstić information content (AvgIpc) is 2.78. The van der Waals surface area contributed by atoms with E-state index in [0.29, 0.717) is 15.5 Å². The van der Waals surface area contributed by atoms with Crippen molar-refractivity contribution in [1.29, 1.82) is 0 Å². The molecule has 2 nitrogen and oxygen atoms in total. The van der Waals surface area contributed by atoms with Crippen LogP contribution in [0.3, 0.4) is 0 Å². The first-order chi connectivity index (χ1) is 8.44. The first-order valence-electron chi connectivity index (χ1n) is 5.86. The van der Waals surface area contributed by atoms with Gasteiger partial charge in [0.25, 0.3) is 0 Å². The van der Waals surface area contributed by atoms with Crippen molar-refractivity contribution in [3.05, 3.63) is 27.3 Å². The van der Waals surface area contributed by atoms with Gasteiger partial charge in [-0.25, -0.2) is 9.37 Å². The summed E-state index contributed by atoms with van der Waals surface area (Å²) >= 11 is 7.96. The van der Waals surface area contributed by atoms with Crippen LogP contribution in [0.5, 0.6) is 0 Å². The number of fused-ring (bicyclic) bond motifs is 1. The zero-order valence-electron chi connectivity index (χ0n) is 10.2. The molecular weight excluding hydrogens is 366 g/mol. The van der Waals surface area contributed by atoms with Gasteiger partial charge in [0.15, 0.2) is 0 Å². The molecule has 0 spiro atoms. The molecule has 1 aromatic carbocycles. The molecule has 1 atom stereocenters. The van der Waals surface area contributed by atoms with Crippen molar-refractivity contribution in [3.8, 4) is 0 Å². The fraction of sp³-hybridized carbons (Fsp3) is 0.462. The van der Waals surface area contributed by atoms with E-state index in [1.54, 1.807) is 12.1 Å². The van der Waals surface area contributed by atoms with Crippen molar-refractivity contribution in [2.24, 2.45) is 5.41 Å². The Labute approximate surface area is 124 Å². The van der Waals surface area contributed by atoms with Crippen LogP contribution >= 0.6 is 34.2 Å². The van der Waals surface area contributed by atoms with Crippen LogP contribution in [0.4, 0.5) is 4.39 Å². The smallest absolute Gasteiger partial charge is 0.138 e. The van der Waals surface area contributed by atoms with E-state index in [1.165, 1.54) is 0 Å². The van der Waals surface area contributed by atoms with Gasteiger partial charge in [0.05, 0.1) is 20.5 Å². The Bertz CT molecular complexity index is 635. The molecule has 0 radical (unpaired) electrons. The first-order valence-corrected chi connectivity index (χ1v) is 7.47. The van der Waals surface area contributed by atoms with Gasteiger partial charge < -0.3 is 4.57 Å². The molecule has 0 aliphatic heterocycles. The summed E-state index contributed by atoms with van der Waals surface area (Å²) < 4.78 is 16.4. The molecule has 1 aromatic heterocycles. The zero-order chi connectivity index (χ0) is 13.1. The molecule has 1 aliphatic rings. The lowest BCUT2D eigenvalue weighted by molar-refractivity contribution is 0.539. The van der Waals surface area contributed by atoms with Crippen LogP contribution in [0.25, 0.3) is 11.0 Å². The quantitative estimate of drug-likeness (QED) is 0.556. The summed E-state index contributed by atoms with van der Waals surface area (Å²) in [5, 5.41) is 0. The number of alkyl halides is 1. The second-order valence-electron chi connectivity index (χ2n) is 5.50. The van der Waals surface area contributed by atoms with Gasteiger partial charge in [-0.3, -0.25) is 0 Å². The van der Waals surface area contributed by atoms with Crippen molar-refractivity contribution in [3.63, 3.8) is 0 Å². The number of hydrogen-bond acceptors (Lipinski definition) is 1. The topological polar surface area (TPSA) is 17.8 Å². The third kappa shape index (κ3) is 1.84. The summed E-state index contributed by atoms with van der Waals surface area (Å²) in [6.07, 6.45) is 1.09. The van der Waals surface area contributed by atoms with Crippen molar-refractivity contribution < 1.29 is 4.39 Å². The van der Waals surface area contributed by atoms with Crippen molar-refractivity contribution >= 4 is 45.2 Å². The van der Waals surface area contributed by atoms with Crippen LogP contribution in [0.15, 0.2) is 12.1 Å². The molecule has 0 bridgehead atoms.